The molecule has 4 rings (SSSR count). The van der Waals surface area contributed by atoms with Crippen LogP contribution in [0.2, 0.25) is 0 Å². The molecule has 124 valence electrons. The molecular weight excluding hydrogens is 280 g/mol. The molecule has 4 heteroatoms. The van der Waals surface area contributed by atoms with E-state index in [4.69, 9.17) is 0 Å². The van der Waals surface area contributed by atoms with Crippen molar-refractivity contribution in [2.45, 2.75) is 69.9 Å². The highest BCUT2D eigenvalue weighted by Crippen LogP contribution is 2.61. The third kappa shape index (κ3) is 1.97. The second-order valence-corrected chi connectivity index (χ2v) is 8.41. The van der Waals surface area contributed by atoms with Crippen LogP contribution in [0.5, 0.6) is 0 Å². The van der Waals surface area contributed by atoms with Crippen LogP contribution in [-0.2, 0) is 0 Å². The summed E-state index contributed by atoms with van der Waals surface area (Å²) >= 11 is 0. The Labute approximate surface area is 131 Å². The molecule has 0 spiro atoms. The minimum absolute atomic E-state index is 0.148. The van der Waals surface area contributed by atoms with E-state index in [1.807, 2.05) is 6.08 Å². The van der Waals surface area contributed by atoms with E-state index in [-0.39, 0.29) is 23.4 Å². The van der Waals surface area contributed by atoms with E-state index in [0.717, 1.165) is 25.7 Å². The van der Waals surface area contributed by atoms with Crippen LogP contribution in [-0.4, -0.2) is 44.8 Å². The molecule has 0 bridgehead atoms. The molecule has 0 aliphatic heterocycles. The van der Waals surface area contributed by atoms with Crippen molar-refractivity contribution in [3.8, 4) is 0 Å². The quantitative estimate of drug-likeness (QED) is 0.507. The van der Waals surface area contributed by atoms with Gasteiger partial charge < -0.3 is 20.4 Å². The van der Waals surface area contributed by atoms with Crippen molar-refractivity contribution in [2.75, 3.05) is 0 Å². The standard InChI is InChI=1S/C18H28O4/c1-18-5-4-12-11-3-2-10(19)6-9(11)7-14(20)16(12)13(18)8-15(21)17(18)22/h7,10-17,19-22H,2-6,8H2,1H3/t10-,11-,12?,13?,14?,15+,16?,17-,18-/m0/s1. The molecule has 0 heterocycles. The van der Waals surface area contributed by atoms with Crippen molar-refractivity contribution in [1.82, 2.24) is 0 Å². The summed E-state index contributed by atoms with van der Waals surface area (Å²) in [5.41, 5.74) is 0.983. The van der Waals surface area contributed by atoms with E-state index >= 15 is 0 Å². The summed E-state index contributed by atoms with van der Waals surface area (Å²) in [6, 6.07) is 0. The van der Waals surface area contributed by atoms with Gasteiger partial charge in [-0.25, -0.2) is 0 Å². The molecule has 9 atom stereocenters. The van der Waals surface area contributed by atoms with Crippen molar-refractivity contribution in [1.29, 1.82) is 0 Å². The summed E-state index contributed by atoms with van der Waals surface area (Å²) in [4.78, 5) is 0. The number of hydrogen-bond donors (Lipinski definition) is 4. The molecule has 3 saturated carbocycles. The molecule has 4 N–H and O–H groups in total. The first kappa shape index (κ1) is 15.1. The summed E-state index contributed by atoms with van der Waals surface area (Å²) in [6.07, 6.45) is 5.03. The third-order valence-electron chi connectivity index (χ3n) is 7.41. The van der Waals surface area contributed by atoms with Gasteiger partial charge in [0, 0.05) is 0 Å². The highest BCUT2D eigenvalue weighted by molar-refractivity contribution is 5.23. The number of fused-ring (bicyclic) bond motifs is 5. The lowest BCUT2D eigenvalue weighted by molar-refractivity contribution is -0.0921. The molecule has 0 aromatic carbocycles. The van der Waals surface area contributed by atoms with Gasteiger partial charge in [-0.05, 0) is 67.6 Å². The lowest BCUT2D eigenvalue weighted by atomic mass is 9.52. The van der Waals surface area contributed by atoms with Gasteiger partial charge in [0.15, 0.2) is 0 Å². The predicted molar refractivity (Wildman–Crippen MR) is 81.9 cm³/mol. The van der Waals surface area contributed by atoms with Crippen molar-refractivity contribution >= 4 is 0 Å². The topological polar surface area (TPSA) is 80.9 Å². The van der Waals surface area contributed by atoms with E-state index < -0.39 is 18.3 Å². The summed E-state index contributed by atoms with van der Waals surface area (Å²) in [7, 11) is 0. The summed E-state index contributed by atoms with van der Waals surface area (Å²) < 4.78 is 0. The van der Waals surface area contributed by atoms with E-state index in [1.165, 1.54) is 5.57 Å². The summed E-state index contributed by atoms with van der Waals surface area (Å²) in [6.45, 7) is 2.09. The maximum atomic E-state index is 10.7. The Morgan fingerprint density at radius 3 is 2.64 bits per heavy atom. The maximum absolute atomic E-state index is 10.7. The Morgan fingerprint density at radius 2 is 1.86 bits per heavy atom. The number of aliphatic hydroxyl groups is 4. The van der Waals surface area contributed by atoms with Gasteiger partial charge in [-0.3, -0.25) is 0 Å². The first-order valence-electron chi connectivity index (χ1n) is 8.84. The average molecular weight is 308 g/mol. The minimum atomic E-state index is -0.663. The summed E-state index contributed by atoms with van der Waals surface area (Å²) in [5, 5.41) is 41.2. The molecule has 0 aromatic heterocycles. The van der Waals surface area contributed by atoms with Crippen molar-refractivity contribution in [3.05, 3.63) is 11.6 Å². The zero-order valence-corrected chi connectivity index (χ0v) is 13.2. The van der Waals surface area contributed by atoms with Gasteiger partial charge in [0.05, 0.1) is 24.4 Å². The molecule has 0 amide bonds. The largest absolute Gasteiger partial charge is 0.393 e. The predicted octanol–water partition coefficient (Wildman–Crippen LogP) is 1.22. The molecule has 4 aliphatic carbocycles. The van der Waals surface area contributed by atoms with Crippen LogP contribution < -0.4 is 0 Å². The number of hydrogen-bond acceptors (Lipinski definition) is 4. The van der Waals surface area contributed by atoms with Crippen LogP contribution in [0, 0.1) is 29.1 Å². The van der Waals surface area contributed by atoms with Crippen LogP contribution in [0.1, 0.15) is 45.4 Å². The number of rotatable bonds is 0. The average Bonchev–Trinajstić information content (AvgIpc) is 2.70. The van der Waals surface area contributed by atoms with Gasteiger partial charge in [-0.15, -0.1) is 0 Å². The maximum Gasteiger partial charge on any atom is 0.0855 e. The van der Waals surface area contributed by atoms with Crippen LogP contribution >= 0.6 is 0 Å². The molecule has 4 nitrogen and oxygen atoms in total. The monoisotopic (exact) mass is 308 g/mol. The fraction of sp³-hybridized carbons (Fsp3) is 0.889. The van der Waals surface area contributed by atoms with Crippen molar-refractivity contribution < 1.29 is 20.4 Å². The second-order valence-electron chi connectivity index (χ2n) is 8.41. The van der Waals surface area contributed by atoms with E-state index in [2.05, 4.69) is 6.92 Å². The molecular formula is C18H28O4. The van der Waals surface area contributed by atoms with E-state index in [1.54, 1.807) is 0 Å². The number of aliphatic hydroxyl groups excluding tert-OH is 4. The second kappa shape index (κ2) is 5.04. The zero-order valence-electron chi connectivity index (χ0n) is 13.2. The van der Waals surface area contributed by atoms with Crippen LogP contribution in [0.4, 0.5) is 0 Å². The molecule has 4 aliphatic rings. The Kier molecular flexibility index (Phi) is 3.46. The Hall–Kier alpha value is -0.420. The zero-order chi connectivity index (χ0) is 15.6. The van der Waals surface area contributed by atoms with E-state index in [0.29, 0.717) is 24.7 Å². The lowest BCUT2D eigenvalue weighted by Gasteiger charge is -2.54. The Balaban J connectivity index is 1.68. The van der Waals surface area contributed by atoms with Gasteiger partial charge in [-0.2, -0.15) is 0 Å². The van der Waals surface area contributed by atoms with Crippen LogP contribution in [0.3, 0.4) is 0 Å². The summed E-state index contributed by atoms with van der Waals surface area (Å²) in [5.74, 6) is 1.26. The fourth-order valence-corrected chi connectivity index (χ4v) is 6.27. The van der Waals surface area contributed by atoms with Crippen molar-refractivity contribution in [3.63, 3.8) is 0 Å². The van der Waals surface area contributed by atoms with Crippen LogP contribution in [0.25, 0.3) is 0 Å². The van der Waals surface area contributed by atoms with Crippen LogP contribution in [0.15, 0.2) is 11.6 Å². The molecule has 0 radical (unpaired) electrons. The molecule has 22 heavy (non-hydrogen) atoms. The molecule has 4 unspecified atom stereocenters. The van der Waals surface area contributed by atoms with Crippen molar-refractivity contribution in [2.24, 2.45) is 29.1 Å². The first-order chi connectivity index (χ1) is 10.4. The lowest BCUT2D eigenvalue weighted by Crippen LogP contribution is -2.52. The van der Waals surface area contributed by atoms with E-state index in [9.17, 15) is 20.4 Å². The van der Waals surface area contributed by atoms with Gasteiger partial charge >= 0.3 is 0 Å². The van der Waals surface area contributed by atoms with Gasteiger partial charge in [0.1, 0.15) is 0 Å². The van der Waals surface area contributed by atoms with Gasteiger partial charge in [0.25, 0.3) is 0 Å². The third-order valence-corrected chi connectivity index (χ3v) is 7.41. The SMILES string of the molecule is C[C@]12CCC3C(C(O)C=C4C[C@@H](O)CC[C@@H]43)C1C[C@@H](O)[C@@H]2O. The molecule has 3 fully saturated rings. The van der Waals surface area contributed by atoms with Gasteiger partial charge in [0.2, 0.25) is 0 Å². The normalized spacial score (nSPS) is 57.6. The fourth-order valence-electron chi connectivity index (χ4n) is 6.27. The molecule has 0 aromatic rings. The highest BCUT2D eigenvalue weighted by atomic mass is 16.3. The molecule has 0 saturated heterocycles. The highest BCUT2D eigenvalue weighted by Gasteiger charge is 2.60. The van der Waals surface area contributed by atoms with Gasteiger partial charge in [-0.1, -0.05) is 18.6 Å². The minimum Gasteiger partial charge on any atom is -0.393 e. The Bertz CT molecular complexity index is 489. The Morgan fingerprint density at radius 1 is 1.09 bits per heavy atom. The smallest absolute Gasteiger partial charge is 0.0855 e. The first-order valence-corrected chi connectivity index (χ1v) is 8.84.